The van der Waals surface area contributed by atoms with Crippen LogP contribution in [0.4, 0.5) is 10.1 Å². The summed E-state index contributed by atoms with van der Waals surface area (Å²) < 4.78 is 15.5. The maximum atomic E-state index is 13.3. The predicted octanol–water partition coefficient (Wildman–Crippen LogP) is 3.66. The Morgan fingerprint density at radius 3 is 2.61 bits per heavy atom. The minimum Gasteiger partial charge on any atom is -0.371 e. The molecule has 3 heterocycles. The summed E-state index contributed by atoms with van der Waals surface area (Å²) in [6.07, 6.45) is 7.69. The number of carbonyl (C=O) groups is 1. The quantitative estimate of drug-likeness (QED) is 0.729. The molecule has 1 N–H and O–H groups in total. The van der Waals surface area contributed by atoms with E-state index in [1.807, 2.05) is 25.1 Å². The first-order valence-corrected chi connectivity index (χ1v) is 12.2. The Morgan fingerprint density at radius 2 is 1.91 bits per heavy atom. The van der Waals surface area contributed by atoms with Gasteiger partial charge in [0.25, 0.3) is 0 Å². The number of fused-ring (bicyclic) bond motifs is 1. The number of likely N-dealkylation sites (tertiary alicyclic amines) is 1. The summed E-state index contributed by atoms with van der Waals surface area (Å²) in [5.74, 6) is 1.54. The van der Waals surface area contributed by atoms with Crippen LogP contribution in [0.1, 0.15) is 44.7 Å². The van der Waals surface area contributed by atoms with Crippen LogP contribution in [-0.2, 0) is 11.3 Å². The van der Waals surface area contributed by atoms with Gasteiger partial charge in [0.05, 0.1) is 12.2 Å². The van der Waals surface area contributed by atoms with Gasteiger partial charge in [-0.3, -0.25) is 4.79 Å². The van der Waals surface area contributed by atoms with E-state index in [2.05, 4.69) is 39.0 Å². The smallest absolute Gasteiger partial charge is 0.249 e. The van der Waals surface area contributed by atoms with Gasteiger partial charge in [-0.1, -0.05) is 12.8 Å². The van der Waals surface area contributed by atoms with Crippen LogP contribution in [0.5, 0.6) is 0 Å². The molecule has 1 aromatic carbocycles. The number of amides is 1. The Labute approximate surface area is 195 Å². The predicted molar refractivity (Wildman–Crippen MR) is 129 cm³/mol. The van der Waals surface area contributed by atoms with E-state index < -0.39 is 5.54 Å². The number of amidine groups is 1. The average Bonchev–Trinajstić information content (AvgIpc) is 3.53. The van der Waals surface area contributed by atoms with Crippen molar-refractivity contribution in [3.8, 4) is 0 Å². The number of anilines is 1. The van der Waals surface area contributed by atoms with Crippen molar-refractivity contribution in [2.75, 3.05) is 31.6 Å². The highest BCUT2D eigenvalue weighted by Crippen LogP contribution is 2.32. The second-order valence-corrected chi connectivity index (χ2v) is 10.0. The van der Waals surface area contributed by atoms with Crippen LogP contribution in [0.2, 0.25) is 0 Å². The van der Waals surface area contributed by atoms with Crippen LogP contribution in [-0.4, -0.2) is 59.5 Å². The summed E-state index contributed by atoms with van der Waals surface area (Å²) in [6, 6.07) is 11.2. The number of carbonyl (C=O) groups excluding carboxylic acids is 1. The molecular weight excluding hydrogens is 417 g/mol. The lowest BCUT2D eigenvalue weighted by atomic mass is 9.98. The van der Waals surface area contributed by atoms with E-state index in [1.54, 1.807) is 0 Å². The molecule has 1 atom stereocenters. The van der Waals surface area contributed by atoms with Gasteiger partial charge < -0.3 is 19.7 Å². The normalized spacial score (nSPS) is 23.1. The number of hydrogen-bond acceptors (Lipinski definition) is 4. The van der Waals surface area contributed by atoms with Crippen molar-refractivity contribution in [3.05, 3.63) is 54.1 Å². The third-order valence-electron chi connectivity index (χ3n) is 7.46. The van der Waals surface area contributed by atoms with E-state index in [0.717, 1.165) is 62.0 Å². The summed E-state index contributed by atoms with van der Waals surface area (Å²) in [5.41, 5.74) is 1.32. The first kappa shape index (κ1) is 22.0. The molecule has 0 spiro atoms. The Bertz CT molecular complexity index is 1020. The Balaban J connectivity index is 1.28. The lowest BCUT2D eigenvalue weighted by Crippen LogP contribution is -2.53. The van der Waals surface area contributed by atoms with E-state index in [-0.39, 0.29) is 11.7 Å². The minimum atomic E-state index is -0.799. The molecule has 2 aliphatic heterocycles. The van der Waals surface area contributed by atoms with Crippen LogP contribution < -0.4 is 10.2 Å². The van der Waals surface area contributed by atoms with Crippen LogP contribution in [0.3, 0.4) is 0 Å². The van der Waals surface area contributed by atoms with Gasteiger partial charge in [0.1, 0.15) is 11.7 Å². The number of nitrogens with one attached hydrogen (secondary N) is 1. The van der Waals surface area contributed by atoms with E-state index in [4.69, 9.17) is 4.99 Å². The topological polar surface area (TPSA) is 52.9 Å². The molecule has 1 aromatic heterocycles. The molecule has 176 valence electrons. The summed E-state index contributed by atoms with van der Waals surface area (Å²) in [6.45, 7) is 5.01. The van der Waals surface area contributed by atoms with Crippen molar-refractivity contribution in [1.82, 2.24) is 14.8 Å². The van der Waals surface area contributed by atoms with Crippen molar-refractivity contribution < 1.29 is 9.18 Å². The molecule has 33 heavy (non-hydrogen) atoms. The number of nitrogens with zero attached hydrogens (tertiary/aromatic N) is 4. The van der Waals surface area contributed by atoms with Gasteiger partial charge in [-0.15, -0.1) is 0 Å². The fraction of sp³-hybridized carbons (Fsp3) is 0.538. The van der Waals surface area contributed by atoms with Crippen LogP contribution in [0.25, 0.3) is 0 Å². The number of piperidine rings is 1. The molecule has 6 nitrogen and oxygen atoms in total. The van der Waals surface area contributed by atoms with Crippen molar-refractivity contribution in [3.63, 3.8) is 0 Å². The zero-order valence-corrected chi connectivity index (χ0v) is 19.6. The van der Waals surface area contributed by atoms with E-state index in [9.17, 15) is 9.18 Å². The average molecular weight is 452 g/mol. The Morgan fingerprint density at radius 1 is 1.18 bits per heavy atom. The summed E-state index contributed by atoms with van der Waals surface area (Å²) in [5, 5.41) is 3.14. The van der Waals surface area contributed by atoms with E-state index >= 15 is 0 Å². The van der Waals surface area contributed by atoms with Gasteiger partial charge >= 0.3 is 0 Å². The van der Waals surface area contributed by atoms with Gasteiger partial charge in [-0.25, -0.2) is 9.38 Å². The molecule has 1 aliphatic carbocycles. The lowest BCUT2D eigenvalue weighted by molar-refractivity contribution is -0.126. The summed E-state index contributed by atoms with van der Waals surface area (Å²) in [4.78, 5) is 22.8. The second-order valence-electron chi connectivity index (χ2n) is 10.0. The molecule has 1 unspecified atom stereocenters. The lowest BCUT2D eigenvalue weighted by Gasteiger charge is -2.41. The fourth-order valence-corrected chi connectivity index (χ4v) is 5.11. The zero-order chi connectivity index (χ0) is 23.0. The van der Waals surface area contributed by atoms with Crippen molar-refractivity contribution >= 4 is 17.4 Å². The van der Waals surface area contributed by atoms with Crippen molar-refractivity contribution in [2.24, 2.45) is 10.9 Å². The SMILES string of the molecule is CN(c1ccc(F)cc1)C1CCN(C2=NC(C)(C(=O)NCCC3CC3)Cn3cccc32)CC1. The largest absolute Gasteiger partial charge is 0.371 e. The molecule has 7 heteroatoms. The van der Waals surface area contributed by atoms with Gasteiger partial charge in [-0.2, -0.15) is 0 Å². The van der Waals surface area contributed by atoms with Crippen LogP contribution in [0.15, 0.2) is 47.6 Å². The Hall–Kier alpha value is -2.83. The molecule has 2 fully saturated rings. The number of halogens is 1. The van der Waals surface area contributed by atoms with Crippen molar-refractivity contribution in [1.29, 1.82) is 0 Å². The third kappa shape index (κ3) is 4.63. The standard InChI is InChI=1S/C26H34FN5O/c1-26(25(33)28-14-11-19-5-6-19)18-32-15-3-4-23(32)24(29-26)31-16-12-22(13-17-31)30(2)21-9-7-20(27)8-10-21/h3-4,7-10,15,19,22H,5-6,11-14,16-18H2,1-2H3,(H,28,33). The van der Waals surface area contributed by atoms with Gasteiger partial charge in [0.2, 0.25) is 5.91 Å². The molecule has 0 radical (unpaired) electrons. The third-order valence-corrected chi connectivity index (χ3v) is 7.46. The number of hydrogen-bond donors (Lipinski definition) is 1. The van der Waals surface area contributed by atoms with E-state index in [0.29, 0.717) is 12.6 Å². The first-order valence-electron chi connectivity index (χ1n) is 12.2. The zero-order valence-electron chi connectivity index (χ0n) is 19.6. The maximum absolute atomic E-state index is 13.3. The number of aliphatic imine (C=N–C) groups is 1. The monoisotopic (exact) mass is 451 g/mol. The minimum absolute atomic E-state index is 0.0194. The highest BCUT2D eigenvalue weighted by molar-refractivity contribution is 6.01. The Kier molecular flexibility index (Phi) is 5.89. The number of benzene rings is 1. The molecule has 3 aliphatic rings. The molecule has 1 amide bonds. The fourth-order valence-electron chi connectivity index (χ4n) is 5.11. The molecule has 1 saturated heterocycles. The van der Waals surface area contributed by atoms with E-state index in [1.165, 1.54) is 25.0 Å². The second kappa shape index (κ2) is 8.84. The van der Waals surface area contributed by atoms with Gasteiger partial charge in [0, 0.05) is 44.6 Å². The van der Waals surface area contributed by atoms with Crippen LogP contribution in [0, 0.1) is 11.7 Å². The summed E-state index contributed by atoms with van der Waals surface area (Å²) >= 11 is 0. The van der Waals surface area contributed by atoms with Crippen LogP contribution >= 0.6 is 0 Å². The van der Waals surface area contributed by atoms with Gasteiger partial charge in [0.15, 0.2) is 5.54 Å². The molecule has 5 rings (SSSR count). The highest BCUT2D eigenvalue weighted by atomic mass is 19.1. The summed E-state index contributed by atoms with van der Waals surface area (Å²) in [7, 11) is 2.08. The van der Waals surface area contributed by atoms with Crippen molar-refractivity contribution in [2.45, 2.75) is 57.2 Å². The maximum Gasteiger partial charge on any atom is 0.249 e. The molecule has 2 aromatic rings. The number of aromatic nitrogens is 1. The molecule has 1 saturated carbocycles. The molecular formula is C26H34FN5O. The first-order chi connectivity index (χ1) is 15.9. The van der Waals surface area contributed by atoms with Gasteiger partial charge in [-0.05, 0) is 68.5 Å². The molecule has 0 bridgehead atoms. The number of rotatable bonds is 6. The highest BCUT2D eigenvalue weighted by Gasteiger charge is 2.40.